The minimum absolute atomic E-state index is 0.00440. The molecular formula is C14H12Cl2N2O4S. The van der Waals surface area contributed by atoms with Gasteiger partial charge in [0.25, 0.3) is 10.0 Å². The predicted molar refractivity (Wildman–Crippen MR) is 88.8 cm³/mol. The standard InChI is InChI=1S/C14H12Cl2N2O4S/c1-8(9-4-11(19)7-12(20)5-9)17-18-23(21,22)14-6-10(15)2-3-13(14)16/h2-7,18-20H,1H3/b17-8-. The largest absolute Gasteiger partial charge is 0.508 e. The number of rotatable bonds is 4. The number of halogens is 2. The van der Waals surface area contributed by atoms with Gasteiger partial charge in [-0.2, -0.15) is 18.4 Å². The molecule has 0 saturated heterocycles. The maximum absolute atomic E-state index is 12.2. The first kappa shape index (κ1) is 17.4. The van der Waals surface area contributed by atoms with E-state index in [1.54, 1.807) is 0 Å². The van der Waals surface area contributed by atoms with E-state index in [2.05, 4.69) is 5.10 Å². The van der Waals surface area contributed by atoms with Gasteiger partial charge in [0.1, 0.15) is 16.4 Å². The number of nitrogens with zero attached hydrogens (tertiary/aromatic N) is 1. The molecule has 9 heteroatoms. The van der Waals surface area contributed by atoms with Crippen molar-refractivity contribution in [1.29, 1.82) is 0 Å². The Bertz CT molecular complexity index is 862. The van der Waals surface area contributed by atoms with Crippen LogP contribution in [0.15, 0.2) is 46.4 Å². The quantitative estimate of drug-likeness (QED) is 0.565. The third kappa shape index (κ3) is 4.28. The summed E-state index contributed by atoms with van der Waals surface area (Å²) in [7, 11) is -4.02. The number of aromatic hydroxyl groups is 2. The summed E-state index contributed by atoms with van der Waals surface area (Å²) in [5.74, 6) is -0.342. The predicted octanol–water partition coefficient (Wildman–Crippen LogP) is 3.11. The first-order chi connectivity index (χ1) is 10.7. The lowest BCUT2D eigenvalue weighted by atomic mass is 10.1. The molecule has 0 saturated carbocycles. The molecule has 23 heavy (non-hydrogen) atoms. The van der Waals surface area contributed by atoms with Gasteiger partial charge < -0.3 is 10.2 Å². The molecule has 0 bridgehead atoms. The van der Waals surface area contributed by atoms with Gasteiger partial charge in [0.2, 0.25) is 0 Å². The summed E-state index contributed by atoms with van der Waals surface area (Å²) in [6, 6.07) is 7.84. The van der Waals surface area contributed by atoms with Gasteiger partial charge >= 0.3 is 0 Å². The third-order valence-electron chi connectivity index (χ3n) is 2.84. The van der Waals surface area contributed by atoms with Gasteiger partial charge in [-0.3, -0.25) is 0 Å². The topological polar surface area (TPSA) is 99.0 Å². The van der Waals surface area contributed by atoms with Crippen molar-refractivity contribution in [1.82, 2.24) is 4.83 Å². The van der Waals surface area contributed by atoms with E-state index in [1.165, 1.54) is 37.3 Å². The minimum Gasteiger partial charge on any atom is -0.508 e. The van der Waals surface area contributed by atoms with Crippen LogP contribution in [0, 0.1) is 0 Å². The molecule has 0 aliphatic carbocycles. The lowest BCUT2D eigenvalue weighted by molar-refractivity contribution is 0.450. The van der Waals surface area contributed by atoms with Crippen LogP contribution in [0.4, 0.5) is 0 Å². The Labute approximate surface area is 143 Å². The fourth-order valence-corrected chi connectivity index (χ4v) is 3.35. The average molecular weight is 375 g/mol. The normalized spacial score (nSPS) is 12.2. The molecule has 0 unspecified atom stereocenters. The first-order valence-corrected chi connectivity index (χ1v) is 8.47. The summed E-state index contributed by atoms with van der Waals surface area (Å²) in [6.07, 6.45) is 0. The van der Waals surface area contributed by atoms with Crippen LogP contribution in [0.2, 0.25) is 10.0 Å². The van der Waals surface area contributed by atoms with Crippen molar-refractivity contribution in [2.24, 2.45) is 5.10 Å². The van der Waals surface area contributed by atoms with E-state index in [9.17, 15) is 18.6 Å². The molecule has 6 nitrogen and oxygen atoms in total. The van der Waals surface area contributed by atoms with Crippen LogP contribution in [0.3, 0.4) is 0 Å². The van der Waals surface area contributed by atoms with E-state index >= 15 is 0 Å². The Morgan fingerprint density at radius 1 is 1.09 bits per heavy atom. The first-order valence-electron chi connectivity index (χ1n) is 6.23. The van der Waals surface area contributed by atoms with Crippen molar-refractivity contribution in [3.63, 3.8) is 0 Å². The molecule has 122 valence electrons. The number of hydrogen-bond donors (Lipinski definition) is 3. The molecule has 0 aliphatic heterocycles. The summed E-state index contributed by atoms with van der Waals surface area (Å²) in [5.41, 5.74) is 0.584. The molecule has 0 heterocycles. The summed E-state index contributed by atoms with van der Waals surface area (Å²) in [6.45, 7) is 1.51. The fourth-order valence-electron chi connectivity index (χ4n) is 1.73. The average Bonchev–Trinajstić information content (AvgIpc) is 2.46. The minimum atomic E-state index is -4.02. The molecule has 2 aromatic carbocycles. The summed E-state index contributed by atoms with van der Waals surface area (Å²) < 4.78 is 24.4. The molecule has 0 aliphatic rings. The summed E-state index contributed by atoms with van der Waals surface area (Å²) in [4.78, 5) is 1.83. The number of hydrogen-bond acceptors (Lipinski definition) is 5. The Balaban J connectivity index is 2.32. The van der Waals surface area contributed by atoms with Crippen molar-refractivity contribution in [3.8, 4) is 11.5 Å². The Morgan fingerprint density at radius 3 is 2.30 bits per heavy atom. The van der Waals surface area contributed by atoms with Crippen molar-refractivity contribution in [3.05, 3.63) is 52.0 Å². The number of nitrogens with one attached hydrogen (secondary N) is 1. The highest BCUT2D eigenvalue weighted by Gasteiger charge is 2.18. The van der Waals surface area contributed by atoms with Crippen LogP contribution >= 0.6 is 23.2 Å². The van der Waals surface area contributed by atoms with Crippen LogP contribution in [-0.4, -0.2) is 24.3 Å². The van der Waals surface area contributed by atoms with E-state index in [-0.39, 0.29) is 32.2 Å². The van der Waals surface area contributed by atoms with Gasteiger partial charge in [-0.1, -0.05) is 23.2 Å². The smallest absolute Gasteiger partial charge is 0.278 e. The van der Waals surface area contributed by atoms with Gasteiger partial charge in [-0.15, -0.1) is 0 Å². The van der Waals surface area contributed by atoms with E-state index in [0.717, 1.165) is 6.07 Å². The van der Waals surface area contributed by atoms with Crippen molar-refractivity contribution >= 4 is 38.9 Å². The van der Waals surface area contributed by atoms with E-state index in [1.807, 2.05) is 4.83 Å². The van der Waals surface area contributed by atoms with E-state index < -0.39 is 10.0 Å². The number of phenols is 2. The van der Waals surface area contributed by atoms with Crippen molar-refractivity contribution in [2.75, 3.05) is 0 Å². The number of hydrazone groups is 1. The van der Waals surface area contributed by atoms with E-state index in [4.69, 9.17) is 23.2 Å². The molecule has 0 aromatic heterocycles. The van der Waals surface area contributed by atoms with Gasteiger partial charge in [-0.25, -0.2) is 0 Å². The zero-order chi connectivity index (χ0) is 17.2. The Hall–Kier alpha value is -1.96. The second kappa shape index (κ2) is 6.66. The summed E-state index contributed by atoms with van der Waals surface area (Å²) >= 11 is 11.6. The summed E-state index contributed by atoms with van der Waals surface area (Å²) in [5, 5.41) is 22.8. The number of phenolic OH excluding ortho intramolecular Hbond substituents is 2. The Morgan fingerprint density at radius 2 is 1.70 bits per heavy atom. The highest BCUT2D eigenvalue weighted by Crippen LogP contribution is 2.25. The molecule has 0 fully saturated rings. The molecule has 0 amide bonds. The monoisotopic (exact) mass is 374 g/mol. The molecular weight excluding hydrogens is 363 g/mol. The molecule has 2 rings (SSSR count). The second-order valence-electron chi connectivity index (χ2n) is 4.60. The molecule has 3 N–H and O–H groups in total. The SMILES string of the molecule is C/C(=N/NS(=O)(=O)c1cc(Cl)ccc1Cl)c1cc(O)cc(O)c1. The van der Waals surface area contributed by atoms with Crippen molar-refractivity contribution < 1.29 is 18.6 Å². The van der Waals surface area contributed by atoms with Gasteiger partial charge in [0, 0.05) is 16.7 Å². The van der Waals surface area contributed by atoms with Crippen LogP contribution in [-0.2, 0) is 10.0 Å². The number of benzene rings is 2. The van der Waals surface area contributed by atoms with Gasteiger partial charge in [-0.05, 0) is 37.3 Å². The van der Waals surface area contributed by atoms with E-state index in [0.29, 0.717) is 5.56 Å². The van der Waals surface area contributed by atoms with Crippen LogP contribution < -0.4 is 4.83 Å². The molecule has 0 atom stereocenters. The lowest BCUT2D eigenvalue weighted by Crippen LogP contribution is -2.20. The molecule has 2 aromatic rings. The zero-order valence-corrected chi connectivity index (χ0v) is 14.1. The fraction of sp³-hybridized carbons (Fsp3) is 0.0714. The Kier molecular flexibility index (Phi) is 5.03. The van der Waals surface area contributed by atoms with Crippen LogP contribution in [0.5, 0.6) is 11.5 Å². The highest BCUT2D eigenvalue weighted by molar-refractivity contribution is 7.89. The maximum atomic E-state index is 12.2. The number of sulfonamides is 1. The lowest BCUT2D eigenvalue weighted by Gasteiger charge is -2.08. The van der Waals surface area contributed by atoms with Crippen LogP contribution in [0.1, 0.15) is 12.5 Å². The second-order valence-corrected chi connectivity index (χ2v) is 7.08. The van der Waals surface area contributed by atoms with Crippen LogP contribution in [0.25, 0.3) is 0 Å². The van der Waals surface area contributed by atoms with Crippen molar-refractivity contribution in [2.45, 2.75) is 11.8 Å². The van der Waals surface area contributed by atoms with Gasteiger partial charge in [0.05, 0.1) is 10.7 Å². The van der Waals surface area contributed by atoms with Gasteiger partial charge in [0.15, 0.2) is 0 Å². The zero-order valence-electron chi connectivity index (χ0n) is 11.8. The molecule has 0 radical (unpaired) electrons. The third-order valence-corrected chi connectivity index (χ3v) is 4.76. The maximum Gasteiger partial charge on any atom is 0.278 e. The molecule has 0 spiro atoms. The highest BCUT2D eigenvalue weighted by atomic mass is 35.5.